The maximum atomic E-state index is 6.48. The molecule has 0 radical (unpaired) electrons. The van der Waals surface area contributed by atoms with Crippen LogP contribution in [0, 0.1) is 13.1 Å². The zero-order chi connectivity index (χ0) is 10.4. The van der Waals surface area contributed by atoms with E-state index in [2.05, 4.69) is 9.69 Å². The monoisotopic (exact) mass is 342 g/mol. The van der Waals surface area contributed by atoms with E-state index < -0.39 is 0 Å². The molecule has 0 aromatic carbocycles. The van der Waals surface area contributed by atoms with Crippen LogP contribution >= 0.6 is 0 Å². The third-order valence-electron chi connectivity index (χ3n) is 0.671. The maximum absolute atomic E-state index is 6.48. The van der Waals surface area contributed by atoms with Gasteiger partial charge in [-0.15, -0.1) is 0 Å². The van der Waals surface area contributed by atoms with Crippen LogP contribution in [0.4, 0.5) is 0 Å². The van der Waals surface area contributed by atoms with E-state index in [0.717, 1.165) is 0 Å². The molecular formula is C10H18Cl2N2Pd. The number of nitrogens with zero attached hydrogens (tertiary/aromatic N) is 2. The van der Waals surface area contributed by atoms with Gasteiger partial charge in [0.25, 0.3) is 0 Å². The first kappa shape index (κ1) is 29.5. The van der Waals surface area contributed by atoms with E-state index in [1.54, 1.807) is 0 Å². The molecule has 0 N–H and O–H groups in total. The molecule has 0 fully saturated rings. The van der Waals surface area contributed by atoms with E-state index in [9.17, 15) is 0 Å². The SMILES string of the molecule is [C-]#[N+]C(C)(C)C.[C-]#[N+]C(C)(C)C.[Cl-].[Cl-].[Pd+2]. The Hall–Kier alpha value is 0.222. The molecule has 0 saturated carbocycles. The van der Waals surface area contributed by atoms with Crippen molar-refractivity contribution in [1.29, 1.82) is 0 Å². The largest absolute Gasteiger partial charge is 2.00 e. The van der Waals surface area contributed by atoms with Gasteiger partial charge in [-0.05, 0) is 0 Å². The summed E-state index contributed by atoms with van der Waals surface area (Å²) in [5.74, 6) is 0. The fraction of sp³-hybridized carbons (Fsp3) is 0.800. The zero-order valence-corrected chi connectivity index (χ0v) is 13.0. The summed E-state index contributed by atoms with van der Waals surface area (Å²) in [6.45, 7) is 24.3. The molecule has 0 unspecified atom stereocenters. The van der Waals surface area contributed by atoms with E-state index in [0.29, 0.717) is 0 Å². The summed E-state index contributed by atoms with van der Waals surface area (Å²) >= 11 is 0. The average molecular weight is 344 g/mol. The van der Waals surface area contributed by atoms with E-state index >= 15 is 0 Å². The summed E-state index contributed by atoms with van der Waals surface area (Å²) in [6.07, 6.45) is 0. The van der Waals surface area contributed by atoms with Gasteiger partial charge in [0, 0.05) is 41.5 Å². The normalized spacial score (nSPS) is 8.27. The predicted molar refractivity (Wildman–Crippen MR) is 52.7 cm³/mol. The molecule has 0 heterocycles. The summed E-state index contributed by atoms with van der Waals surface area (Å²) in [6, 6.07) is 0. The van der Waals surface area contributed by atoms with Gasteiger partial charge >= 0.3 is 20.4 Å². The second-order valence-corrected chi connectivity index (χ2v) is 4.57. The van der Waals surface area contributed by atoms with Gasteiger partial charge in [0.1, 0.15) is 0 Å². The van der Waals surface area contributed by atoms with Crippen molar-refractivity contribution in [3.05, 3.63) is 22.8 Å². The number of rotatable bonds is 0. The first-order valence-corrected chi connectivity index (χ1v) is 3.89. The summed E-state index contributed by atoms with van der Waals surface area (Å²) in [5, 5.41) is 0. The molecule has 0 aliphatic carbocycles. The van der Waals surface area contributed by atoms with Crippen molar-refractivity contribution in [3.8, 4) is 0 Å². The van der Waals surface area contributed by atoms with Crippen molar-refractivity contribution in [3.63, 3.8) is 0 Å². The van der Waals surface area contributed by atoms with Crippen molar-refractivity contribution >= 4 is 0 Å². The van der Waals surface area contributed by atoms with Gasteiger partial charge in [-0.2, -0.15) is 0 Å². The van der Waals surface area contributed by atoms with E-state index in [1.807, 2.05) is 41.5 Å². The van der Waals surface area contributed by atoms with Crippen LogP contribution in [0.5, 0.6) is 0 Å². The van der Waals surface area contributed by atoms with Gasteiger partial charge in [0.15, 0.2) is 0 Å². The van der Waals surface area contributed by atoms with E-state index in [1.165, 1.54) is 0 Å². The van der Waals surface area contributed by atoms with Crippen LogP contribution < -0.4 is 24.8 Å². The molecular weight excluding hydrogens is 325 g/mol. The van der Waals surface area contributed by atoms with Crippen molar-refractivity contribution in [1.82, 2.24) is 0 Å². The minimum Gasteiger partial charge on any atom is -1.00 e. The third-order valence-corrected chi connectivity index (χ3v) is 0.671. The van der Waals surface area contributed by atoms with Gasteiger partial charge in [0.2, 0.25) is 11.1 Å². The summed E-state index contributed by atoms with van der Waals surface area (Å²) in [5.41, 5.74) is -0.333. The molecule has 0 aromatic rings. The molecule has 0 rings (SSSR count). The van der Waals surface area contributed by atoms with Crippen LogP contribution in [0.25, 0.3) is 9.69 Å². The van der Waals surface area contributed by atoms with Gasteiger partial charge in [0.05, 0.1) is 0 Å². The quantitative estimate of drug-likeness (QED) is 0.337. The molecule has 0 spiro atoms. The Balaban J connectivity index is -0.0000000370. The molecule has 92 valence electrons. The first-order valence-electron chi connectivity index (χ1n) is 3.89. The Labute approximate surface area is 120 Å². The molecule has 0 aromatic heterocycles. The molecule has 0 saturated heterocycles. The number of hydrogen-bond acceptors (Lipinski definition) is 0. The Morgan fingerprint density at radius 1 is 0.667 bits per heavy atom. The minimum atomic E-state index is -0.167. The summed E-state index contributed by atoms with van der Waals surface area (Å²) < 4.78 is 0. The molecule has 15 heavy (non-hydrogen) atoms. The van der Waals surface area contributed by atoms with Crippen LogP contribution in [-0.2, 0) is 20.4 Å². The van der Waals surface area contributed by atoms with Crippen molar-refractivity contribution in [2.24, 2.45) is 0 Å². The van der Waals surface area contributed by atoms with E-state index in [-0.39, 0.29) is 56.3 Å². The van der Waals surface area contributed by atoms with Gasteiger partial charge in [-0.3, -0.25) is 0 Å². The van der Waals surface area contributed by atoms with Gasteiger partial charge in [-0.1, -0.05) is 0 Å². The molecule has 0 bridgehead atoms. The second kappa shape index (κ2) is 12.3. The maximum Gasteiger partial charge on any atom is 2.00 e. The minimum absolute atomic E-state index is 0. The second-order valence-electron chi connectivity index (χ2n) is 4.57. The summed E-state index contributed by atoms with van der Waals surface area (Å²) in [4.78, 5) is 6.54. The molecule has 0 aliphatic heterocycles. The molecule has 0 atom stereocenters. The fourth-order valence-electron chi connectivity index (χ4n) is 0. The van der Waals surface area contributed by atoms with Crippen molar-refractivity contribution < 1.29 is 45.2 Å². The zero-order valence-electron chi connectivity index (χ0n) is 9.97. The summed E-state index contributed by atoms with van der Waals surface area (Å²) in [7, 11) is 0. The Morgan fingerprint density at radius 2 is 0.733 bits per heavy atom. The predicted octanol–water partition coefficient (Wildman–Crippen LogP) is -2.59. The molecule has 5 heteroatoms. The van der Waals surface area contributed by atoms with Crippen LogP contribution in [0.1, 0.15) is 41.5 Å². The number of hydrogen-bond donors (Lipinski definition) is 0. The van der Waals surface area contributed by atoms with Crippen molar-refractivity contribution in [2.75, 3.05) is 0 Å². The van der Waals surface area contributed by atoms with Crippen LogP contribution in [0.3, 0.4) is 0 Å². The Kier molecular flexibility index (Phi) is 24.1. The topological polar surface area (TPSA) is 8.72 Å². The molecule has 0 aliphatic rings. The Morgan fingerprint density at radius 3 is 0.733 bits per heavy atom. The Bertz CT molecular complexity index is 179. The smallest absolute Gasteiger partial charge is 1.00 e. The standard InChI is InChI=1S/2C5H9N.2ClH.Pd/c2*1-5(2,3)6-4;;;/h2*1-3H3;2*1H;/q;;;;+2/p-2. The molecule has 2 nitrogen and oxygen atoms in total. The van der Waals surface area contributed by atoms with E-state index in [4.69, 9.17) is 13.1 Å². The average Bonchev–Trinajstić information content (AvgIpc) is 1.86. The third kappa shape index (κ3) is 54.9. The van der Waals surface area contributed by atoms with Crippen LogP contribution in [0.2, 0.25) is 0 Å². The van der Waals surface area contributed by atoms with Gasteiger partial charge in [-0.25, -0.2) is 13.1 Å². The van der Waals surface area contributed by atoms with Crippen LogP contribution in [-0.4, -0.2) is 11.1 Å². The van der Waals surface area contributed by atoms with Gasteiger partial charge < -0.3 is 34.5 Å². The fourth-order valence-corrected chi connectivity index (χ4v) is 0. The molecule has 0 amide bonds. The first-order chi connectivity index (χ1) is 5.12. The number of halogens is 2. The van der Waals surface area contributed by atoms with Crippen LogP contribution in [0.15, 0.2) is 0 Å². The van der Waals surface area contributed by atoms with Crippen molar-refractivity contribution in [2.45, 2.75) is 52.6 Å².